The quantitative estimate of drug-likeness (QED) is 0.729. The molecule has 0 fully saturated rings. The van der Waals surface area contributed by atoms with Crippen LogP contribution in [0.3, 0.4) is 0 Å². The van der Waals surface area contributed by atoms with Gasteiger partial charge >= 0.3 is 0 Å². The monoisotopic (exact) mass is 336 g/mol. The van der Waals surface area contributed by atoms with Gasteiger partial charge in [0.1, 0.15) is 12.4 Å². The first-order valence-corrected chi connectivity index (χ1v) is 8.41. The zero-order chi connectivity index (χ0) is 16.6. The number of aromatic nitrogens is 1. The minimum Gasteiger partial charge on any atom is -0.481 e. The summed E-state index contributed by atoms with van der Waals surface area (Å²) in [5, 5.41) is 5.81. The van der Waals surface area contributed by atoms with Crippen molar-refractivity contribution in [3.63, 3.8) is 0 Å². The Kier molecular flexibility index (Phi) is 5.44. The van der Waals surface area contributed by atoms with Crippen molar-refractivity contribution in [2.24, 2.45) is 0 Å². The number of ether oxygens (including phenoxy) is 1. The second-order valence-corrected chi connectivity index (χ2v) is 6.07. The number of rotatable bonds is 5. The van der Waals surface area contributed by atoms with Crippen molar-refractivity contribution >= 4 is 28.1 Å². The van der Waals surface area contributed by atoms with E-state index in [2.05, 4.69) is 22.1 Å². The van der Waals surface area contributed by atoms with Crippen LogP contribution in [0, 0.1) is 11.8 Å². The highest BCUT2D eigenvalue weighted by molar-refractivity contribution is 7.10. The Morgan fingerprint density at radius 3 is 3.04 bits per heavy atom. The van der Waals surface area contributed by atoms with Crippen molar-refractivity contribution in [1.29, 1.82) is 0 Å². The van der Waals surface area contributed by atoms with Gasteiger partial charge in [-0.25, -0.2) is 0 Å². The molecule has 120 valence electrons. The molecule has 1 amide bonds. The fraction of sp³-hybridized carbons (Fsp3) is 0.158. The van der Waals surface area contributed by atoms with Crippen LogP contribution in [0.15, 0.2) is 54.0 Å². The summed E-state index contributed by atoms with van der Waals surface area (Å²) in [5.74, 6) is 6.49. The van der Waals surface area contributed by atoms with Crippen LogP contribution in [0.4, 0.5) is 0 Å². The molecule has 2 heterocycles. The van der Waals surface area contributed by atoms with Gasteiger partial charge in [-0.3, -0.25) is 9.78 Å². The lowest BCUT2D eigenvalue weighted by molar-refractivity contribution is -0.120. The zero-order valence-electron chi connectivity index (χ0n) is 13.0. The standard InChI is InChI=1S/C19H16N2O2S/c22-19(14-17-6-4-12-24-17)21-9-1-2-11-23-16-8-7-15-5-3-10-20-18(15)13-16/h3-8,10,12-13H,9,11,14H2,(H,21,22). The number of amides is 1. The first-order chi connectivity index (χ1) is 11.8. The molecule has 24 heavy (non-hydrogen) atoms. The summed E-state index contributed by atoms with van der Waals surface area (Å²) in [5.41, 5.74) is 0.892. The minimum atomic E-state index is -0.0201. The number of carbonyl (C=O) groups is 1. The highest BCUT2D eigenvalue weighted by Gasteiger charge is 2.02. The average molecular weight is 336 g/mol. The van der Waals surface area contributed by atoms with Gasteiger partial charge in [0.2, 0.25) is 5.91 Å². The molecule has 0 bridgehead atoms. The molecule has 3 aromatic rings. The van der Waals surface area contributed by atoms with E-state index >= 15 is 0 Å². The maximum atomic E-state index is 11.7. The van der Waals surface area contributed by atoms with E-state index in [0.717, 1.165) is 21.5 Å². The van der Waals surface area contributed by atoms with E-state index in [9.17, 15) is 4.79 Å². The maximum Gasteiger partial charge on any atom is 0.226 e. The normalized spacial score (nSPS) is 10.0. The highest BCUT2D eigenvalue weighted by atomic mass is 32.1. The van der Waals surface area contributed by atoms with Crippen molar-refractivity contribution in [2.45, 2.75) is 6.42 Å². The van der Waals surface area contributed by atoms with Gasteiger partial charge in [-0.05, 0) is 29.6 Å². The predicted molar refractivity (Wildman–Crippen MR) is 96.0 cm³/mol. The number of benzene rings is 1. The van der Waals surface area contributed by atoms with Crippen LogP contribution in [0.2, 0.25) is 0 Å². The van der Waals surface area contributed by atoms with Crippen LogP contribution in [-0.4, -0.2) is 24.0 Å². The summed E-state index contributed by atoms with van der Waals surface area (Å²) in [4.78, 5) is 17.0. The molecule has 0 radical (unpaired) electrons. The predicted octanol–water partition coefficient (Wildman–Crippen LogP) is 3.04. The number of nitrogens with zero attached hydrogens (tertiary/aromatic N) is 1. The Morgan fingerprint density at radius 1 is 1.21 bits per heavy atom. The topological polar surface area (TPSA) is 51.2 Å². The van der Waals surface area contributed by atoms with Crippen molar-refractivity contribution < 1.29 is 9.53 Å². The van der Waals surface area contributed by atoms with Gasteiger partial charge in [-0.2, -0.15) is 0 Å². The third-order valence-corrected chi connectivity index (χ3v) is 4.18. The van der Waals surface area contributed by atoms with E-state index < -0.39 is 0 Å². The largest absolute Gasteiger partial charge is 0.481 e. The van der Waals surface area contributed by atoms with Crippen molar-refractivity contribution in [2.75, 3.05) is 13.2 Å². The molecule has 0 unspecified atom stereocenters. The lowest BCUT2D eigenvalue weighted by atomic mass is 10.2. The molecule has 0 spiro atoms. The molecule has 0 aliphatic rings. The van der Waals surface area contributed by atoms with E-state index in [4.69, 9.17) is 4.74 Å². The zero-order valence-corrected chi connectivity index (χ0v) is 13.8. The number of fused-ring (bicyclic) bond motifs is 1. The Balaban J connectivity index is 1.41. The molecule has 0 aliphatic carbocycles. The molecule has 0 saturated heterocycles. The Hall–Kier alpha value is -2.84. The van der Waals surface area contributed by atoms with E-state index in [1.807, 2.05) is 47.8 Å². The van der Waals surface area contributed by atoms with Gasteiger partial charge in [0.25, 0.3) is 0 Å². The average Bonchev–Trinajstić information content (AvgIpc) is 3.10. The van der Waals surface area contributed by atoms with Crippen LogP contribution in [0.5, 0.6) is 5.75 Å². The van der Waals surface area contributed by atoms with Gasteiger partial charge in [0.05, 0.1) is 18.5 Å². The molecule has 0 atom stereocenters. The number of nitrogens with one attached hydrogen (secondary N) is 1. The van der Waals surface area contributed by atoms with Crippen molar-refractivity contribution in [3.8, 4) is 17.6 Å². The van der Waals surface area contributed by atoms with Gasteiger partial charge < -0.3 is 10.1 Å². The Morgan fingerprint density at radius 2 is 2.17 bits per heavy atom. The molecule has 1 aromatic carbocycles. The molecule has 3 rings (SSSR count). The lowest BCUT2D eigenvalue weighted by Gasteiger charge is -2.03. The fourth-order valence-electron chi connectivity index (χ4n) is 2.15. The van der Waals surface area contributed by atoms with E-state index in [0.29, 0.717) is 13.0 Å². The van der Waals surface area contributed by atoms with E-state index in [1.165, 1.54) is 0 Å². The number of carbonyl (C=O) groups excluding carboxylic acids is 1. The van der Waals surface area contributed by atoms with E-state index in [-0.39, 0.29) is 12.5 Å². The second-order valence-electron chi connectivity index (χ2n) is 5.03. The van der Waals surface area contributed by atoms with Gasteiger partial charge in [-0.15, -0.1) is 11.3 Å². The van der Waals surface area contributed by atoms with Crippen LogP contribution in [0.25, 0.3) is 10.9 Å². The SMILES string of the molecule is O=C(Cc1cccs1)NCC#CCOc1ccc2cccnc2c1. The van der Waals surface area contributed by atoms with Crippen LogP contribution in [-0.2, 0) is 11.2 Å². The summed E-state index contributed by atoms with van der Waals surface area (Å²) in [7, 11) is 0. The first kappa shape index (κ1) is 16.0. The van der Waals surface area contributed by atoms with Gasteiger partial charge in [0, 0.05) is 22.5 Å². The lowest BCUT2D eigenvalue weighted by Crippen LogP contribution is -2.25. The maximum absolute atomic E-state index is 11.7. The molecule has 5 heteroatoms. The smallest absolute Gasteiger partial charge is 0.226 e. The van der Waals surface area contributed by atoms with Crippen molar-refractivity contribution in [1.82, 2.24) is 10.3 Å². The molecule has 4 nitrogen and oxygen atoms in total. The summed E-state index contributed by atoms with van der Waals surface area (Å²) in [6, 6.07) is 13.5. The van der Waals surface area contributed by atoms with Gasteiger partial charge in [-0.1, -0.05) is 24.0 Å². The number of hydrogen-bond donors (Lipinski definition) is 1. The van der Waals surface area contributed by atoms with Crippen molar-refractivity contribution in [3.05, 3.63) is 58.9 Å². The molecule has 1 N–H and O–H groups in total. The van der Waals surface area contributed by atoms with Crippen LogP contribution >= 0.6 is 11.3 Å². The molecule has 0 aliphatic heterocycles. The number of thiophene rings is 1. The number of hydrogen-bond acceptors (Lipinski definition) is 4. The summed E-state index contributed by atoms with van der Waals surface area (Å²) in [6.45, 7) is 0.603. The first-order valence-electron chi connectivity index (χ1n) is 7.54. The third kappa shape index (κ3) is 4.58. The van der Waals surface area contributed by atoms with E-state index in [1.54, 1.807) is 17.5 Å². The number of pyridine rings is 1. The van der Waals surface area contributed by atoms with Crippen LogP contribution < -0.4 is 10.1 Å². The summed E-state index contributed by atoms with van der Waals surface area (Å²) >= 11 is 1.57. The Bertz CT molecular complexity index is 879. The molecular weight excluding hydrogens is 320 g/mol. The van der Waals surface area contributed by atoms with Gasteiger partial charge in [0.15, 0.2) is 0 Å². The fourth-order valence-corrected chi connectivity index (χ4v) is 2.85. The second kappa shape index (κ2) is 8.14. The minimum absolute atomic E-state index is 0.0201. The summed E-state index contributed by atoms with van der Waals surface area (Å²) in [6.07, 6.45) is 2.16. The highest BCUT2D eigenvalue weighted by Crippen LogP contribution is 2.18. The van der Waals surface area contributed by atoms with Crippen LogP contribution in [0.1, 0.15) is 4.88 Å². The molecule has 0 saturated carbocycles. The molecular formula is C19H16N2O2S. The summed E-state index contributed by atoms with van der Waals surface area (Å²) < 4.78 is 5.58. The molecule has 2 aromatic heterocycles. The Labute approximate surface area is 144 Å². The third-order valence-electron chi connectivity index (χ3n) is 3.30.